The van der Waals surface area contributed by atoms with Crippen molar-refractivity contribution in [2.24, 2.45) is 5.73 Å². The summed E-state index contributed by atoms with van der Waals surface area (Å²) in [6.45, 7) is 2.22. The van der Waals surface area contributed by atoms with Crippen LogP contribution in [0, 0.1) is 0 Å². The van der Waals surface area contributed by atoms with Crippen LogP contribution in [0.1, 0.15) is 24.3 Å². The van der Waals surface area contributed by atoms with E-state index in [9.17, 15) is 4.79 Å². The average molecular weight is 277 g/mol. The molecule has 3 N–H and O–H groups in total. The Labute approximate surface area is 110 Å². The molecule has 1 aromatic rings. The van der Waals surface area contributed by atoms with Crippen LogP contribution in [0.2, 0.25) is 4.34 Å². The quantitative estimate of drug-likeness (QED) is 0.835. The number of thiophene rings is 1. The van der Waals surface area contributed by atoms with Crippen LogP contribution in [0.15, 0.2) is 12.1 Å². The van der Waals surface area contributed by atoms with Crippen LogP contribution < -0.4 is 11.1 Å². The lowest BCUT2D eigenvalue weighted by atomic mass is 10.1. The van der Waals surface area contributed by atoms with Gasteiger partial charge in [0.05, 0.1) is 17.0 Å². The number of carbonyl (C=O) groups is 1. The molecule has 0 aliphatic rings. The number of amides is 1. The Hall–Kier alpha value is -0.620. The summed E-state index contributed by atoms with van der Waals surface area (Å²) in [5, 5.41) is 2.89. The smallest absolute Gasteiger partial charge is 0.239 e. The monoisotopic (exact) mass is 276 g/mol. The van der Waals surface area contributed by atoms with Gasteiger partial charge in [0.2, 0.25) is 5.91 Å². The van der Waals surface area contributed by atoms with Crippen LogP contribution in [-0.2, 0) is 9.53 Å². The predicted molar refractivity (Wildman–Crippen MR) is 70.4 cm³/mol. The maximum Gasteiger partial charge on any atom is 0.239 e. The minimum absolute atomic E-state index is 0.0390. The molecule has 4 nitrogen and oxygen atoms in total. The van der Waals surface area contributed by atoms with Crippen molar-refractivity contribution >= 4 is 28.8 Å². The van der Waals surface area contributed by atoms with Crippen molar-refractivity contribution in [3.8, 4) is 0 Å². The van der Waals surface area contributed by atoms with Gasteiger partial charge in [0.25, 0.3) is 0 Å². The van der Waals surface area contributed by atoms with Crippen LogP contribution in [0.25, 0.3) is 0 Å². The van der Waals surface area contributed by atoms with Crippen molar-refractivity contribution in [2.75, 3.05) is 13.7 Å². The molecule has 0 spiro atoms. The first kappa shape index (κ1) is 14.4. The van der Waals surface area contributed by atoms with Crippen molar-refractivity contribution in [3.05, 3.63) is 21.3 Å². The molecule has 0 saturated heterocycles. The standard InChI is InChI=1S/C11H17ClN2O2S/c1-3-8(9-4-5-10(12)17-9)14-11(15)7(13)6-16-2/h4-5,7-8H,3,6,13H2,1-2H3,(H,14,15). The second-order valence-electron chi connectivity index (χ2n) is 3.67. The Morgan fingerprint density at radius 3 is 2.82 bits per heavy atom. The number of methoxy groups -OCH3 is 1. The van der Waals surface area contributed by atoms with E-state index >= 15 is 0 Å². The molecule has 2 atom stereocenters. The van der Waals surface area contributed by atoms with Gasteiger partial charge < -0.3 is 15.8 Å². The van der Waals surface area contributed by atoms with E-state index in [2.05, 4.69) is 5.32 Å². The zero-order valence-corrected chi connectivity index (χ0v) is 11.5. The second kappa shape index (κ2) is 6.96. The highest BCUT2D eigenvalue weighted by atomic mass is 35.5. The van der Waals surface area contributed by atoms with Crippen molar-refractivity contribution in [3.63, 3.8) is 0 Å². The molecule has 0 radical (unpaired) electrons. The van der Waals surface area contributed by atoms with E-state index in [1.807, 2.05) is 19.1 Å². The molecule has 6 heteroatoms. The van der Waals surface area contributed by atoms with Gasteiger partial charge in [-0.2, -0.15) is 0 Å². The number of ether oxygens (including phenoxy) is 1. The molecule has 17 heavy (non-hydrogen) atoms. The largest absolute Gasteiger partial charge is 0.383 e. The molecule has 96 valence electrons. The number of carbonyl (C=O) groups excluding carboxylic acids is 1. The zero-order valence-electron chi connectivity index (χ0n) is 9.90. The lowest BCUT2D eigenvalue weighted by Gasteiger charge is -2.18. The van der Waals surface area contributed by atoms with Crippen molar-refractivity contribution < 1.29 is 9.53 Å². The van der Waals surface area contributed by atoms with Crippen LogP contribution in [-0.4, -0.2) is 25.7 Å². The molecule has 0 fully saturated rings. The van der Waals surface area contributed by atoms with Crippen LogP contribution >= 0.6 is 22.9 Å². The Morgan fingerprint density at radius 1 is 1.65 bits per heavy atom. The molecule has 0 aromatic carbocycles. The van der Waals surface area contributed by atoms with E-state index in [1.165, 1.54) is 18.4 Å². The van der Waals surface area contributed by atoms with Crippen molar-refractivity contribution in [2.45, 2.75) is 25.4 Å². The maximum atomic E-state index is 11.7. The van der Waals surface area contributed by atoms with Gasteiger partial charge in [0, 0.05) is 12.0 Å². The normalized spacial score (nSPS) is 14.4. The number of halogens is 1. The van der Waals surface area contributed by atoms with Gasteiger partial charge in [0.1, 0.15) is 6.04 Å². The Morgan fingerprint density at radius 2 is 2.35 bits per heavy atom. The number of nitrogens with one attached hydrogen (secondary N) is 1. The first-order valence-electron chi connectivity index (χ1n) is 5.38. The minimum atomic E-state index is -0.635. The highest BCUT2D eigenvalue weighted by molar-refractivity contribution is 7.16. The molecule has 0 aliphatic carbocycles. The average Bonchev–Trinajstić information content (AvgIpc) is 2.72. The first-order chi connectivity index (χ1) is 8.08. The van der Waals surface area contributed by atoms with Gasteiger partial charge in [0.15, 0.2) is 0 Å². The molecule has 0 bridgehead atoms. The number of hydrogen-bond acceptors (Lipinski definition) is 4. The lowest BCUT2D eigenvalue weighted by molar-refractivity contribution is -0.124. The van der Waals surface area contributed by atoms with Crippen molar-refractivity contribution in [1.29, 1.82) is 0 Å². The number of nitrogens with two attached hydrogens (primary N) is 1. The molecule has 0 aliphatic heterocycles. The molecule has 1 aromatic heterocycles. The summed E-state index contributed by atoms with van der Waals surface area (Å²) >= 11 is 7.34. The fraction of sp³-hybridized carbons (Fsp3) is 0.545. The summed E-state index contributed by atoms with van der Waals surface area (Å²) < 4.78 is 5.56. The van der Waals surface area contributed by atoms with Gasteiger partial charge in [-0.1, -0.05) is 18.5 Å². The highest BCUT2D eigenvalue weighted by Gasteiger charge is 2.19. The summed E-state index contributed by atoms with van der Waals surface area (Å²) in [5.41, 5.74) is 5.65. The third kappa shape index (κ3) is 4.27. The zero-order chi connectivity index (χ0) is 12.8. The molecular weight excluding hydrogens is 260 g/mol. The third-order valence-electron chi connectivity index (χ3n) is 2.35. The van der Waals surface area contributed by atoms with Crippen LogP contribution in [0.3, 0.4) is 0 Å². The van der Waals surface area contributed by atoms with Crippen LogP contribution in [0.4, 0.5) is 0 Å². The Balaban J connectivity index is 2.61. The van der Waals surface area contributed by atoms with E-state index in [0.717, 1.165) is 11.3 Å². The highest BCUT2D eigenvalue weighted by Crippen LogP contribution is 2.28. The fourth-order valence-corrected chi connectivity index (χ4v) is 2.62. The summed E-state index contributed by atoms with van der Waals surface area (Å²) in [7, 11) is 1.52. The van der Waals surface area contributed by atoms with Crippen LogP contribution in [0.5, 0.6) is 0 Å². The van der Waals surface area contributed by atoms with Gasteiger partial charge >= 0.3 is 0 Å². The molecule has 1 rings (SSSR count). The van der Waals surface area contributed by atoms with E-state index in [4.69, 9.17) is 22.1 Å². The second-order valence-corrected chi connectivity index (χ2v) is 5.42. The summed E-state index contributed by atoms with van der Waals surface area (Å²) in [6.07, 6.45) is 0.794. The predicted octanol–water partition coefficient (Wildman–Crippen LogP) is 1.94. The Kier molecular flexibility index (Phi) is 5.91. The number of rotatable bonds is 6. The third-order valence-corrected chi connectivity index (χ3v) is 3.69. The molecule has 2 unspecified atom stereocenters. The summed E-state index contributed by atoms with van der Waals surface area (Å²) in [6, 6.07) is 3.07. The SMILES string of the molecule is CCC(NC(=O)C(N)COC)c1ccc(Cl)s1. The van der Waals surface area contributed by atoms with Crippen molar-refractivity contribution in [1.82, 2.24) is 5.32 Å². The summed E-state index contributed by atoms with van der Waals surface area (Å²) in [5.74, 6) is -0.205. The first-order valence-corrected chi connectivity index (χ1v) is 6.58. The van der Waals surface area contributed by atoms with Gasteiger partial charge in [-0.15, -0.1) is 11.3 Å². The molecule has 0 saturated carbocycles. The van der Waals surface area contributed by atoms with Gasteiger partial charge in [-0.25, -0.2) is 0 Å². The molecule has 1 amide bonds. The minimum Gasteiger partial charge on any atom is -0.383 e. The van der Waals surface area contributed by atoms with E-state index in [-0.39, 0.29) is 18.6 Å². The topological polar surface area (TPSA) is 64.4 Å². The van der Waals surface area contributed by atoms with E-state index < -0.39 is 6.04 Å². The van der Waals surface area contributed by atoms with Gasteiger partial charge in [-0.05, 0) is 18.6 Å². The molecule has 1 heterocycles. The fourth-order valence-electron chi connectivity index (χ4n) is 1.42. The van der Waals surface area contributed by atoms with E-state index in [0.29, 0.717) is 4.34 Å². The Bertz CT molecular complexity index is 370. The van der Waals surface area contributed by atoms with Gasteiger partial charge in [-0.3, -0.25) is 4.79 Å². The molecular formula is C11H17ClN2O2S. The van der Waals surface area contributed by atoms with E-state index in [1.54, 1.807) is 0 Å². The lowest BCUT2D eigenvalue weighted by Crippen LogP contribution is -2.44. The number of hydrogen-bond donors (Lipinski definition) is 2. The summed E-state index contributed by atoms with van der Waals surface area (Å²) in [4.78, 5) is 12.8. The maximum absolute atomic E-state index is 11.7.